The molecule has 0 spiro atoms. The molecule has 4 rings (SSSR count). The molecule has 31 heavy (non-hydrogen) atoms. The maximum absolute atomic E-state index is 13.4. The minimum atomic E-state index is -0.476. The molecule has 0 aliphatic rings. The molecule has 4 nitrogen and oxygen atoms in total. The van der Waals surface area contributed by atoms with Crippen LogP contribution >= 0.6 is 0 Å². The van der Waals surface area contributed by atoms with Gasteiger partial charge >= 0.3 is 0 Å². The normalized spacial score (nSPS) is 10.7. The number of halogens is 1. The monoisotopic (exact) mass is 412 g/mol. The van der Waals surface area contributed by atoms with E-state index in [1.165, 1.54) is 18.2 Å². The van der Waals surface area contributed by atoms with Crippen molar-refractivity contribution in [1.82, 2.24) is 0 Å². The fraction of sp³-hybridized carbons (Fsp3) is 0.0769. The van der Waals surface area contributed by atoms with E-state index in [0.29, 0.717) is 29.7 Å². The van der Waals surface area contributed by atoms with Crippen LogP contribution in [0.1, 0.15) is 32.7 Å². The Bertz CT molecular complexity index is 1270. The summed E-state index contributed by atoms with van der Waals surface area (Å²) in [5.41, 5.74) is 8.37. The Balaban J connectivity index is 1.38. The van der Waals surface area contributed by atoms with Gasteiger partial charge in [0.2, 0.25) is 0 Å². The summed E-state index contributed by atoms with van der Waals surface area (Å²) >= 11 is 0. The van der Waals surface area contributed by atoms with Crippen LogP contribution in [0.2, 0.25) is 0 Å². The second-order valence-corrected chi connectivity index (χ2v) is 7.37. The van der Waals surface area contributed by atoms with E-state index in [-0.39, 0.29) is 17.4 Å². The molecule has 0 saturated heterocycles. The first-order chi connectivity index (χ1) is 15.0. The maximum atomic E-state index is 13.4. The van der Waals surface area contributed by atoms with Gasteiger partial charge in [-0.15, -0.1) is 0 Å². The molecule has 0 radical (unpaired) electrons. The molecule has 4 aromatic rings. The summed E-state index contributed by atoms with van der Waals surface area (Å²) in [6, 6.07) is 24.5. The lowest BCUT2D eigenvalue weighted by molar-refractivity contribution is 0.0981. The van der Waals surface area contributed by atoms with Gasteiger partial charge in [-0.3, -0.25) is 9.59 Å². The van der Waals surface area contributed by atoms with Crippen molar-refractivity contribution in [2.45, 2.75) is 12.8 Å². The van der Waals surface area contributed by atoms with Crippen LogP contribution in [-0.2, 0) is 6.42 Å². The number of hydrogen-bond donors (Lipinski definition) is 2. The van der Waals surface area contributed by atoms with Crippen LogP contribution in [-0.4, -0.2) is 11.7 Å². The first kappa shape index (κ1) is 20.3. The average Bonchev–Trinajstić information content (AvgIpc) is 2.79. The Morgan fingerprint density at radius 1 is 0.806 bits per heavy atom. The van der Waals surface area contributed by atoms with Crippen LogP contribution in [0.5, 0.6) is 0 Å². The molecular formula is C26H21FN2O2. The highest BCUT2D eigenvalue weighted by Crippen LogP contribution is 2.21. The Kier molecular flexibility index (Phi) is 5.76. The molecule has 4 aromatic carbocycles. The summed E-state index contributed by atoms with van der Waals surface area (Å²) in [6.07, 6.45) is 0.952. The number of carbonyl (C=O) groups excluding carboxylic acids is 2. The van der Waals surface area contributed by atoms with E-state index in [0.717, 1.165) is 16.3 Å². The van der Waals surface area contributed by atoms with E-state index in [2.05, 4.69) is 5.32 Å². The van der Waals surface area contributed by atoms with Crippen molar-refractivity contribution < 1.29 is 14.0 Å². The summed E-state index contributed by atoms with van der Waals surface area (Å²) in [5.74, 6) is -0.777. The molecule has 154 valence electrons. The molecule has 0 fully saturated rings. The van der Waals surface area contributed by atoms with Crippen molar-refractivity contribution in [1.29, 1.82) is 0 Å². The van der Waals surface area contributed by atoms with Crippen LogP contribution in [0.15, 0.2) is 84.9 Å². The topological polar surface area (TPSA) is 72.2 Å². The SMILES string of the molecule is Nc1ccc(F)cc1NC(=O)c1ccc(CCC(=O)c2ccc3ccccc3c2)cc1. The van der Waals surface area contributed by atoms with E-state index >= 15 is 0 Å². The predicted octanol–water partition coefficient (Wildman–Crippen LogP) is 5.63. The van der Waals surface area contributed by atoms with Crippen LogP contribution in [0, 0.1) is 5.82 Å². The Labute approximate surface area is 179 Å². The highest BCUT2D eigenvalue weighted by molar-refractivity contribution is 6.05. The first-order valence-electron chi connectivity index (χ1n) is 9.97. The van der Waals surface area contributed by atoms with Gasteiger partial charge in [0, 0.05) is 17.5 Å². The minimum Gasteiger partial charge on any atom is -0.397 e. The molecule has 0 atom stereocenters. The number of nitrogens with one attached hydrogen (secondary N) is 1. The highest BCUT2D eigenvalue weighted by Gasteiger charge is 2.11. The van der Waals surface area contributed by atoms with Crippen LogP contribution in [0.25, 0.3) is 10.8 Å². The van der Waals surface area contributed by atoms with Gasteiger partial charge < -0.3 is 11.1 Å². The molecule has 0 bridgehead atoms. The molecule has 0 heterocycles. The Hall–Kier alpha value is -3.99. The molecule has 1 amide bonds. The molecule has 0 unspecified atom stereocenters. The van der Waals surface area contributed by atoms with Crippen molar-refractivity contribution in [3.63, 3.8) is 0 Å². The lowest BCUT2D eigenvalue weighted by atomic mass is 9.99. The standard InChI is InChI=1S/C26H21FN2O2/c27-22-12-13-23(28)24(16-22)29-26(31)19-8-5-17(6-9-19)7-14-25(30)21-11-10-18-3-1-2-4-20(18)15-21/h1-6,8-13,15-16H,7,14,28H2,(H,29,31). The Morgan fingerprint density at radius 3 is 2.29 bits per heavy atom. The van der Waals surface area contributed by atoms with E-state index in [9.17, 15) is 14.0 Å². The van der Waals surface area contributed by atoms with E-state index in [4.69, 9.17) is 5.73 Å². The zero-order valence-electron chi connectivity index (χ0n) is 16.8. The fourth-order valence-corrected chi connectivity index (χ4v) is 3.42. The summed E-state index contributed by atoms with van der Waals surface area (Å²) in [5, 5.41) is 4.76. The number of benzene rings is 4. The fourth-order valence-electron chi connectivity index (χ4n) is 3.42. The van der Waals surface area contributed by atoms with Crippen LogP contribution in [0.3, 0.4) is 0 Å². The molecule has 0 saturated carbocycles. The summed E-state index contributed by atoms with van der Waals surface area (Å²) < 4.78 is 13.4. The summed E-state index contributed by atoms with van der Waals surface area (Å²) in [6.45, 7) is 0. The van der Waals surface area contributed by atoms with Crippen molar-refractivity contribution in [2.75, 3.05) is 11.1 Å². The minimum absolute atomic E-state index is 0.0779. The van der Waals surface area contributed by atoms with Gasteiger partial charge in [-0.2, -0.15) is 0 Å². The van der Waals surface area contributed by atoms with Gasteiger partial charge in [-0.1, -0.05) is 48.5 Å². The maximum Gasteiger partial charge on any atom is 0.255 e. The molecular weight excluding hydrogens is 391 g/mol. The van der Waals surface area contributed by atoms with Crippen LogP contribution < -0.4 is 11.1 Å². The van der Waals surface area contributed by atoms with Crippen molar-refractivity contribution in [3.8, 4) is 0 Å². The van der Waals surface area contributed by atoms with Gasteiger partial charge in [0.15, 0.2) is 5.78 Å². The summed E-state index contributed by atoms with van der Waals surface area (Å²) in [7, 11) is 0. The molecule has 0 aromatic heterocycles. The van der Waals surface area contributed by atoms with Crippen LogP contribution in [0.4, 0.5) is 15.8 Å². The van der Waals surface area contributed by atoms with E-state index in [1.54, 1.807) is 12.1 Å². The van der Waals surface area contributed by atoms with Gasteiger partial charge in [0.25, 0.3) is 5.91 Å². The third-order valence-corrected chi connectivity index (χ3v) is 5.19. The zero-order chi connectivity index (χ0) is 21.8. The number of amides is 1. The van der Waals surface area contributed by atoms with Gasteiger partial charge in [0.05, 0.1) is 11.4 Å². The summed E-state index contributed by atoms with van der Waals surface area (Å²) in [4.78, 5) is 25.0. The number of nitrogen functional groups attached to an aromatic ring is 1. The highest BCUT2D eigenvalue weighted by atomic mass is 19.1. The van der Waals surface area contributed by atoms with Gasteiger partial charge in [0.1, 0.15) is 5.82 Å². The largest absolute Gasteiger partial charge is 0.397 e. The van der Waals surface area contributed by atoms with E-state index in [1.807, 2.05) is 54.6 Å². The third-order valence-electron chi connectivity index (χ3n) is 5.19. The van der Waals surface area contributed by atoms with E-state index < -0.39 is 5.82 Å². The lowest BCUT2D eigenvalue weighted by Crippen LogP contribution is -2.13. The number of rotatable bonds is 6. The first-order valence-corrected chi connectivity index (χ1v) is 9.97. The quantitative estimate of drug-likeness (QED) is 0.318. The average molecular weight is 412 g/mol. The zero-order valence-corrected chi connectivity index (χ0v) is 16.8. The number of ketones is 1. The Morgan fingerprint density at radius 2 is 1.52 bits per heavy atom. The second kappa shape index (κ2) is 8.79. The second-order valence-electron chi connectivity index (χ2n) is 7.37. The number of aryl methyl sites for hydroxylation is 1. The number of anilines is 2. The van der Waals surface area contributed by atoms with Crippen molar-refractivity contribution >= 4 is 33.8 Å². The molecule has 0 aliphatic heterocycles. The molecule has 0 aliphatic carbocycles. The number of fused-ring (bicyclic) bond motifs is 1. The number of Topliss-reactive ketones (excluding diaryl/α,β-unsaturated/α-hetero) is 1. The smallest absolute Gasteiger partial charge is 0.255 e. The lowest BCUT2D eigenvalue weighted by Gasteiger charge is -2.09. The molecule has 3 N–H and O–H groups in total. The number of hydrogen-bond acceptors (Lipinski definition) is 3. The predicted molar refractivity (Wildman–Crippen MR) is 122 cm³/mol. The number of carbonyl (C=O) groups is 2. The van der Waals surface area contributed by atoms with Crippen molar-refractivity contribution in [2.24, 2.45) is 0 Å². The number of nitrogens with two attached hydrogens (primary N) is 1. The van der Waals surface area contributed by atoms with Gasteiger partial charge in [-0.05, 0) is 59.2 Å². The van der Waals surface area contributed by atoms with Crippen molar-refractivity contribution in [3.05, 3.63) is 107 Å². The third kappa shape index (κ3) is 4.78. The van der Waals surface area contributed by atoms with Gasteiger partial charge in [-0.25, -0.2) is 4.39 Å². The molecule has 5 heteroatoms.